The van der Waals surface area contributed by atoms with E-state index in [0.717, 1.165) is 48.5 Å². The van der Waals surface area contributed by atoms with Crippen LogP contribution in [0.1, 0.15) is 85.9 Å². The Bertz CT molecular complexity index is 4840. The molecule has 0 bridgehead atoms. The van der Waals surface area contributed by atoms with Crippen molar-refractivity contribution in [3.63, 3.8) is 0 Å². The fourth-order valence-electron chi connectivity index (χ4n) is 12.5. The van der Waals surface area contributed by atoms with Gasteiger partial charge in [-0.25, -0.2) is 9.80 Å². The summed E-state index contributed by atoms with van der Waals surface area (Å²) in [7, 11) is 0. The first kappa shape index (κ1) is 68.8. The zero-order valence-corrected chi connectivity index (χ0v) is 48.8. The number of halogens is 24. The highest BCUT2D eigenvalue weighted by Crippen LogP contribution is 2.55. The van der Waals surface area contributed by atoms with Crippen LogP contribution in [-0.2, 0) is 49.4 Å². The van der Waals surface area contributed by atoms with Crippen LogP contribution in [0.25, 0.3) is 77.2 Å². The van der Waals surface area contributed by atoms with Crippen molar-refractivity contribution in [2.45, 2.75) is 49.4 Å². The number of rotatable bonds is 7. The number of alkyl halides is 24. The summed E-state index contributed by atoms with van der Waals surface area (Å²) >= 11 is 0. The first-order valence-electron chi connectivity index (χ1n) is 28.1. The van der Waals surface area contributed by atoms with Crippen molar-refractivity contribution in [2.75, 3.05) is 21.3 Å². The Hall–Kier alpha value is -11.1. The Morgan fingerprint density at radius 2 is 0.430 bits per heavy atom. The number of anilines is 4. The minimum absolute atomic E-state index is 0.0973. The standard InChI is InChI=1S/C68H30F24N4O4/c69-61(70,71)47-19-27(93)7-11-33(47)35-13-9-29(21-49(35)63(75,76)77)95-57(97)39-5-1-3-37-31(15-17-41(55(37)39)59(95)99)43-23-53(67(87,88)89)45(25-51(43)65(81,82)83)46-26-52(66(84,85)86)44(24-54(46)68(90,91)92)32-16-18-42-56-38(32)4-2-6-40(56)58(98)96(60(42)100)30-10-14-36(50(22-30)64(78,79)80)34-12-8-28(94)20-48(34)62(72,73)74/h1-26H,93-94H2. The van der Waals surface area contributed by atoms with Crippen molar-refractivity contribution in [2.24, 2.45) is 0 Å². The van der Waals surface area contributed by atoms with Crippen LogP contribution in [0.3, 0.4) is 0 Å². The maximum Gasteiger partial charge on any atom is 0.417 e. The highest BCUT2D eigenvalue weighted by atomic mass is 19.4. The molecule has 0 aromatic heterocycles. The third kappa shape index (κ3) is 11.6. The maximum absolute atomic E-state index is 15.7. The predicted molar refractivity (Wildman–Crippen MR) is 313 cm³/mol. The first-order valence-corrected chi connectivity index (χ1v) is 28.1. The van der Waals surface area contributed by atoms with Crippen LogP contribution in [0, 0.1) is 0 Å². The van der Waals surface area contributed by atoms with Gasteiger partial charge in [0, 0.05) is 44.4 Å². The van der Waals surface area contributed by atoms with Crippen LogP contribution >= 0.6 is 0 Å². The summed E-state index contributed by atoms with van der Waals surface area (Å²) in [6.07, 6.45) is -45.9. The van der Waals surface area contributed by atoms with Gasteiger partial charge in [-0.05, 0) is 163 Å². The fraction of sp³-hybridized carbons (Fsp3) is 0.118. The van der Waals surface area contributed by atoms with Crippen molar-refractivity contribution < 1.29 is 125 Å². The minimum Gasteiger partial charge on any atom is -0.399 e. The van der Waals surface area contributed by atoms with Gasteiger partial charge in [-0.15, -0.1) is 0 Å². The molecule has 0 unspecified atom stereocenters. The Morgan fingerprint density at radius 1 is 0.220 bits per heavy atom. The largest absolute Gasteiger partial charge is 0.417 e. The highest BCUT2D eigenvalue weighted by Gasteiger charge is 2.48. The second kappa shape index (κ2) is 22.7. The summed E-state index contributed by atoms with van der Waals surface area (Å²) in [4.78, 5) is 57.5. The van der Waals surface area contributed by atoms with Crippen LogP contribution in [0.2, 0.25) is 0 Å². The second-order valence-electron chi connectivity index (χ2n) is 22.6. The van der Waals surface area contributed by atoms with Gasteiger partial charge in [-0.1, -0.05) is 60.7 Å². The van der Waals surface area contributed by atoms with E-state index in [4.69, 9.17) is 11.5 Å². The Balaban J connectivity index is 0.980. The fourth-order valence-corrected chi connectivity index (χ4v) is 12.5. The molecule has 2 heterocycles. The molecular weight excluding hydrogens is 1390 g/mol. The molecule has 0 spiro atoms. The number of carbonyl (C=O) groups is 4. The molecule has 514 valence electrons. The summed E-state index contributed by atoms with van der Waals surface area (Å²) in [6.45, 7) is 0. The molecule has 0 saturated carbocycles. The second-order valence-corrected chi connectivity index (χ2v) is 22.6. The van der Waals surface area contributed by atoms with Gasteiger partial charge < -0.3 is 11.5 Å². The monoisotopic (exact) mass is 1420 g/mol. The van der Waals surface area contributed by atoms with Crippen molar-refractivity contribution in [1.29, 1.82) is 0 Å². The third-order valence-electron chi connectivity index (χ3n) is 16.6. The lowest BCUT2D eigenvalue weighted by Gasteiger charge is -2.29. The number of carbonyl (C=O) groups excluding carboxylic acids is 4. The van der Waals surface area contributed by atoms with E-state index < -0.39 is 252 Å². The molecule has 0 radical (unpaired) electrons. The van der Waals surface area contributed by atoms with E-state index in [0.29, 0.717) is 72.8 Å². The van der Waals surface area contributed by atoms with E-state index in [1.807, 2.05) is 0 Å². The van der Waals surface area contributed by atoms with Crippen molar-refractivity contribution in [3.05, 3.63) is 224 Å². The number of hydrogen-bond acceptors (Lipinski definition) is 6. The van der Waals surface area contributed by atoms with Crippen molar-refractivity contribution >= 4 is 67.9 Å². The number of nitrogens with zero attached hydrogens (tertiary/aromatic N) is 2. The molecule has 0 aliphatic carbocycles. The molecule has 8 nitrogen and oxygen atoms in total. The number of benzene rings is 10. The molecule has 0 fully saturated rings. The SMILES string of the molecule is Nc1ccc(-c2ccc(N3C(=O)c4cccc5c(-c6cc(C(F)(F)F)c(-c7cc(C(F)(F)F)c(-c8ccc9c%10c(cccc8%10)C(=O)N(c8ccc(-c%10ccc(N)cc%10C(F)(F)F)c(C(F)(F)F)c8)C9=O)cc7C(F)(F)F)cc6C(F)(F)F)ccc(c45)C3=O)cc2C(F)(F)F)c(C(F)(F)F)c1. The van der Waals surface area contributed by atoms with Crippen LogP contribution in [-0.4, -0.2) is 23.6 Å². The van der Waals surface area contributed by atoms with E-state index in [1.165, 1.54) is 0 Å². The predicted octanol–water partition coefficient (Wildman–Crippen LogP) is 21.2. The van der Waals surface area contributed by atoms with E-state index in [9.17, 15) is 71.9 Å². The molecular formula is C68H30F24N4O4. The van der Waals surface area contributed by atoms with Crippen LogP contribution in [0.4, 0.5) is 128 Å². The number of nitrogen functional groups attached to an aromatic ring is 2. The molecule has 32 heteroatoms. The summed E-state index contributed by atoms with van der Waals surface area (Å²) in [5.41, 5.74) is -25.2. The Labute approximate surface area is 541 Å². The van der Waals surface area contributed by atoms with Gasteiger partial charge in [0.25, 0.3) is 23.6 Å². The molecule has 4 N–H and O–H groups in total. The smallest absolute Gasteiger partial charge is 0.399 e. The zero-order chi connectivity index (χ0) is 73.2. The molecule has 12 rings (SSSR count). The first-order chi connectivity index (χ1) is 46.2. The molecule has 10 aromatic carbocycles. The highest BCUT2D eigenvalue weighted by molar-refractivity contribution is 6.38. The Kier molecular flexibility index (Phi) is 15.7. The molecule has 0 saturated heterocycles. The molecule has 0 atom stereocenters. The normalized spacial score (nSPS) is 14.3. The lowest BCUT2D eigenvalue weighted by molar-refractivity contribution is -0.141. The quantitative estimate of drug-likeness (QED) is 0.0930. The van der Waals surface area contributed by atoms with E-state index in [2.05, 4.69) is 0 Å². The lowest BCUT2D eigenvalue weighted by Crippen LogP contribution is -2.40. The van der Waals surface area contributed by atoms with E-state index in [-0.39, 0.29) is 34.1 Å². The summed E-state index contributed by atoms with van der Waals surface area (Å²) in [5.74, 6) is -6.24. The lowest BCUT2D eigenvalue weighted by atomic mass is 9.82. The molecule has 10 aromatic rings. The summed E-state index contributed by atoms with van der Waals surface area (Å²) in [5, 5.41) is -2.77. The van der Waals surface area contributed by atoms with Gasteiger partial charge >= 0.3 is 49.4 Å². The average Bonchev–Trinajstić information content (AvgIpc) is 0.722. The number of imide groups is 2. The number of hydrogen-bond donors (Lipinski definition) is 2. The van der Waals surface area contributed by atoms with Crippen LogP contribution < -0.4 is 21.3 Å². The van der Waals surface area contributed by atoms with Gasteiger partial charge in [0.05, 0.1) is 55.9 Å². The van der Waals surface area contributed by atoms with E-state index in [1.54, 1.807) is 0 Å². The topological polar surface area (TPSA) is 127 Å². The summed E-state index contributed by atoms with van der Waals surface area (Å²) < 4.78 is 362. The van der Waals surface area contributed by atoms with Gasteiger partial charge in [-0.3, -0.25) is 19.2 Å². The zero-order valence-electron chi connectivity index (χ0n) is 48.8. The van der Waals surface area contributed by atoms with Gasteiger partial charge in [-0.2, -0.15) is 105 Å². The third-order valence-corrected chi connectivity index (χ3v) is 16.6. The maximum atomic E-state index is 15.7. The molecule has 2 aliphatic rings. The average molecular weight is 1420 g/mol. The van der Waals surface area contributed by atoms with Crippen LogP contribution in [0.15, 0.2) is 158 Å². The van der Waals surface area contributed by atoms with Gasteiger partial charge in [0.15, 0.2) is 0 Å². The number of amides is 4. The van der Waals surface area contributed by atoms with Gasteiger partial charge in [0.1, 0.15) is 0 Å². The summed E-state index contributed by atoms with van der Waals surface area (Å²) in [6, 6.07) is 11.7. The number of nitrogens with two attached hydrogens (primary N) is 2. The van der Waals surface area contributed by atoms with E-state index >= 15 is 52.7 Å². The molecule has 100 heavy (non-hydrogen) atoms. The van der Waals surface area contributed by atoms with Crippen molar-refractivity contribution in [3.8, 4) is 55.6 Å². The van der Waals surface area contributed by atoms with Crippen LogP contribution in [0.5, 0.6) is 0 Å². The van der Waals surface area contributed by atoms with Gasteiger partial charge in [0.2, 0.25) is 0 Å². The van der Waals surface area contributed by atoms with Crippen molar-refractivity contribution in [1.82, 2.24) is 0 Å². The molecule has 4 amide bonds. The Morgan fingerprint density at radius 3 is 0.700 bits per heavy atom. The molecule has 2 aliphatic heterocycles. The minimum atomic E-state index is -6.12.